The summed E-state index contributed by atoms with van der Waals surface area (Å²) in [6.07, 6.45) is 11.5. The van der Waals surface area contributed by atoms with Crippen LogP contribution in [0.5, 0.6) is 0 Å². The van der Waals surface area contributed by atoms with E-state index >= 15 is 0 Å². The highest BCUT2D eigenvalue weighted by Crippen LogP contribution is 2.46. The Balaban J connectivity index is 2.30. The lowest BCUT2D eigenvalue weighted by atomic mass is 9.64. The van der Waals surface area contributed by atoms with Crippen molar-refractivity contribution >= 4 is 11.8 Å². The highest BCUT2D eigenvalue weighted by Gasteiger charge is 2.47. The SMILES string of the molecule is C#C[C@H](O[C@@H]1C=C(C)[C@](O)(/C=C/C(C)=C\C(=O)O)C(C)(C)C1)c1cccc(C(C)=O)c1. The normalized spacial score (nSPS) is 24.4. The van der Waals surface area contributed by atoms with Crippen molar-refractivity contribution < 1.29 is 24.5 Å². The molecule has 1 aliphatic rings. The minimum atomic E-state index is -1.26. The molecule has 0 amide bonds. The van der Waals surface area contributed by atoms with Crippen LogP contribution in [0.25, 0.3) is 0 Å². The average Bonchev–Trinajstić information content (AvgIpc) is 2.68. The van der Waals surface area contributed by atoms with Crippen LogP contribution in [-0.4, -0.2) is 33.7 Å². The number of benzene rings is 1. The molecule has 1 aromatic rings. The van der Waals surface area contributed by atoms with Gasteiger partial charge in [0.15, 0.2) is 5.78 Å². The van der Waals surface area contributed by atoms with Crippen LogP contribution < -0.4 is 0 Å². The minimum absolute atomic E-state index is 0.0451. The van der Waals surface area contributed by atoms with Crippen LogP contribution in [-0.2, 0) is 9.53 Å². The second kappa shape index (κ2) is 9.47. The zero-order chi connectivity index (χ0) is 23.4. The summed E-state index contributed by atoms with van der Waals surface area (Å²) in [6.45, 7) is 8.85. The zero-order valence-electron chi connectivity index (χ0n) is 18.7. The number of hydrogen-bond donors (Lipinski definition) is 2. The standard InChI is InChI=1S/C26H30O5/c1-7-23(21-10-8-9-20(15-21)19(4)27)31-22-14-18(3)26(30,25(5,6)16-22)12-11-17(2)13-24(28)29/h1,8-15,22-23,30H,16H2,2-6H3,(H,28,29)/b12-11+,17-13-/t22-,23+,26-/m1/s1. The van der Waals surface area contributed by atoms with Gasteiger partial charge in [-0.3, -0.25) is 4.79 Å². The number of carbonyl (C=O) groups is 2. The molecule has 2 N–H and O–H groups in total. The summed E-state index contributed by atoms with van der Waals surface area (Å²) in [6, 6.07) is 7.09. The van der Waals surface area contributed by atoms with Gasteiger partial charge in [0.1, 0.15) is 11.7 Å². The molecule has 2 rings (SSSR count). The molecule has 0 bridgehead atoms. The van der Waals surface area contributed by atoms with E-state index in [9.17, 15) is 14.7 Å². The lowest BCUT2D eigenvalue weighted by Crippen LogP contribution is -2.49. The third-order valence-electron chi connectivity index (χ3n) is 5.78. The zero-order valence-corrected chi connectivity index (χ0v) is 18.7. The quantitative estimate of drug-likeness (QED) is 0.220. The van der Waals surface area contributed by atoms with Crippen molar-refractivity contribution in [3.63, 3.8) is 0 Å². The Morgan fingerprint density at radius 3 is 2.55 bits per heavy atom. The Labute approximate surface area is 184 Å². The highest BCUT2D eigenvalue weighted by atomic mass is 16.5. The summed E-state index contributed by atoms with van der Waals surface area (Å²) in [5.41, 5.74) is 0.662. The van der Waals surface area contributed by atoms with Crippen LogP contribution >= 0.6 is 0 Å². The topological polar surface area (TPSA) is 83.8 Å². The molecule has 0 unspecified atom stereocenters. The second-order valence-corrected chi connectivity index (χ2v) is 8.67. The van der Waals surface area contributed by atoms with Crippen molar-refractivity contribution in [1.82, 2.24) is 0 Å². The fraction of sp³-hybridized carbons (Fsp3) is 0.385. The maximum absolute atomic E-state index is 11.7. The molecule has 1 aliphatic carbocycles. The Hall–Kier alpha value is -2.94. The number of aliphatic hydroxyl groups is 1. The number of aliphatic carboxylic acids is 1. The summed E-state index contributed by atoms with van der Waals surface area (Å²) < 4.78 is 6.19. The first-order chi connectivity index (χ1) is 14.4. The molecule has 0 heterocycles. The van der Waals surface area contributed by atoms with Crippen LogP contribution in [0.3, 0.4) is 0 Å². The first kappa shape index (κ1) is 24.3. The third kappa shape index (κ3) is 5.61. The van der Waals surface area contributed by atoms with Gasteiger partial charge in [0.2, 0.25) is 0 Å². The highest BCUT2D eigenvalue weighted by molar-refractivity contribution is 5.94. The predicted octanol–water partition coefficient (Wildman–Crippen LogP) is 4.64. The number of ether oxygens (including phenoxy) is 1. The number of hydrogen-bond acceptors (Lipinski definition) is 4. The van der Waals surface area contributed by atoms with Crippen LogP contribution in [0, 0.1) is 17.8 Å². The van der Waals surface area contributed by atoms with Crippen molar-refractivity contribution in [2.45, 2.75) is 58.8 Å². The van der Waals surface area contributed by atoms with Crippen molar-refractivity contribution in [3.8, 4) is 12.3 Å². The van der Waals surface area contributed by atoms with E-state index in [-0.39, 0.29) is 11.9 Å². The van der Waals surface area contributed by atoms with E-state index in [2.05, 4.69) is 5.92 Å². The molecule has 0 saturated heterocycles. The van der Waals surface area contributed by atoms with Gasteiger partial charge in [0, 0.05) is 17.1 Å². The van der Waals surface area contributed by atoms with Crippen molar-refractivity contribution in [3.05, 3.63) is 70.8 Å². The molecule has 5 nitrogen and oxygen atoms in total. The van der Waals surface area contributed by atoms with Crippen LogP contribution in [0.1, 0.15) is 63.1 Å². The van der Waals surface area contributed by atoms with Gasteiger partial charge in [0.05, 0.1) is 6.10 Å². The Morgan fingerprint density at radius 2 is 2.00 bits per heavy atom. The smallest absolute Gasteiger partial charge is 0.328 e. The fourth-order valence-electron chi connectivity index (χ4n) is 3.91. The lowest BCUT2D eigenvalue weighted by Gasteiger charge is -2.47. The van der Waals surface area contributed by atoms with Gasteiger partial charge in [-0.1, -0.05) is 50.1 Å². The Morgan fingerprint density at radius 1 is 1.32 bits per heavy atom. The number of Topliss-reactive ketones (excluding diaryl/α,β-unsaturated/α-hetero) is 1. The first-order valence-electron chi connectivity index (χ1n) is 10.1. The van der Waals surface area contributed by atoms with Crippen LogP contribution in [0.15, 0.2) is 59.7 Å². The molecule has 1 aromatic carbocycles. The lowest BCUT2D eigenvalue weighted by molar-refractivity contribution is -0.131. The average molecular weight is 423 g/mol. The van der Waals surface area contributed by atoms with Gasteiger partial charge >= 0.3 is 5.97 Å². The van der Waals surface area contributed by atoms with E-state index in [1.54, 1.807) is 37.3 Å². The molecule has 0 aliphatic heterocycles. The predicted molar refractivity (Wildman–Crippen MR) is 121 cm³/mol. The van der Waals surface area contributed by atoms with Gasteiger partial charge < -0.3 is 14.9 Å². The van der Waals surface area contributed by atoms with Gasteiger partial charge in [-0.15, -0.1) is 6.42 Å². The van der Waals surface area contributed by atoms with E-state index in [1.165, 1.54) is 6.92 Å². The Bertz CT molecular complexity index is 989. The molecular weight excluding hydrogens is 392 g/mol. The van der Waals surface area contributed by atoms with Crippen LogP contribution in [0.2, 0.25) is 0 Å². The number of allylic oxidation sites excluding steroid dienone is 2. The number of ketones is 1. The van der Waals surface area contributed by atoms with Crippen molar-refractivity contribution in [2.24, 2.45) is 5.41 Å². The van der Waals surface area contributed by atoms with Crippen LogP contribution in [0.4, 0.5) is 0 Å². The molecule has 5 heteroatoms. The van der Waals surface area contributed by atoms with Gasteiger partial charge in [0.25, 0.3) is 0 Å². The summed E-state index contributed by atoms with van der Waals surface area (Å²) in [7, 11) is 0. The molecule has 0 fully saturated rings. The summed E-state index contributed by atoms with van der Waals surface area (Å²) in [4.78, 5) is 22.5. The van der Waals surface area contributed by atoms with E-state index in [0.29, 0.717) is 23.1 Å². The maximum atomic E-state index is 11.7. The number of rotatable bonds is 7. The van der Waals surface area contributed by atoms with Crippen molar-refractivity contribution in [2.75, 3.05) is 0 Å². The Kier molecular flexibility index (Phi) is 7.43. The molecule has 164 valence electrons. The second-order valence-electron chi connectivity index (χ2n) is 8.67. The summed E-state index contributed by atoms with van der Waals surface area (Å²) in [5.74, 6) is 1.57. The molecular formula is C26H30O5. The molecule has 0 spiro atoms. The number of carboxylic acids is 1. The number of carboxylic acid groups (broad SMARTS) is 1. The summed E-state index contributed by atoms with van der Waals surface area (Å²) >= 11 is 0. The molecule has 31 heavy (non-hydrogen) atoms. The maximum Gasteiger partial charge on any atom is 0.328 e. The fourth-order valence-corrected chi connectivity index (χ4v) is 3.91. The molecule has 0 aromatic heterocycles. The molecule has 0 saturated carbocycles. The van der Waals surface area contributed by atoms with E-state index in [0.717, 1.165) is 11.6 Å². The van der Waals surface area contributed by atoms with E-state index in [1.807, 2.05) is 32.9 Å². The molecule has 0 radical (unpaired) electrons. The molecule has 3 atom stereocenters. The van der Waals surface area contributed by atoms with Gasteiger partial charge in [-0.2, -0.15) is 0 Å². The van der Waals surface area contributed by atoms with E-state index < -0.39 is 23.1 Å². The minimum Gasteiger partial charge on any atom is -0.478 e. The van der Waals surface area contributed by atoms with Gasteiger partial charge in [-0.05, 0) is 56.0 Å². The largest absolute Gasteiger partial charge is 0.478 e. The van der Waals surface area contributed by atoms with Crippen molar-refractivity contribution in [1.29, 1.82) is 0 Å². The number of carbonyl (C=O) groups excluding carboxylic acids is 1. The number of terminal acetylenes is 1. The monoisotopic (exact) mass is 422 g/mol. The first-order valence-corrected chi connectivity index (χ1v) is 10.1. The third-order valence-corrected chi connectivity index (χ3v) is 5.78. The van der Waals surface area contributed by atoms with E-state index in [4.69, 9.17) is 16.3 Å². The summed E-state index contributed by atoms with van der Waals surface area (Å²) in [5, 5.41) is 20.3. The van der Waals surface area contributed by atoms with Gasteiger partial charge in [-0.25, -0.2) is 4.79 Å².